The Labute approximate surface area is 210 Å². The molecule has 34 heavy (non-hydrogen) atoms. The molecule has 0 fully saturated rings. The number of allylic oxidation sites excluding steroid dienone is 2. The number of carbonyl (C=O) groups excluding carboxylic acids is 1. The molecule has 0 radical (unpaired) electrons. The molecule has 0 N–H and O–H groups in total. The summed E-state index contributed by atoms with van der Waals surface area (Å²) in [7, 11) is 0. The minimum absolute atomic E-state index is 0.0838. The van der Waals surface area contributed by atoms with Crippen molar-refractivity contribution in [1.29, 1.82) is 0 Å². The van der Waals surface area contributed by atoms with Gasteiger partial charge in [-0.2, -0.15) is 0 Å². The number of aryl methyl sites for hydroxylation is 1. The molecule has 3 rings (SSSR count). The first-order chi connectivity index (χ1) is 16.5. The van der Waals surface area contributed by atoms with Crippen molar-refractivity contribution in [1.82, 2.24) is 4.98 Å². The van der Waals surface area contributed by atoms with Crippen LogP contribution in [0.1, 0.15) is 55.6 Å². The van der Waals surface area contributed by atoms with Gasteiger partial charge in [0.25, 0.3) is 0 Å². The second-order valence-corrected chi connectivity index (χ2v) is 10.5. The third-order valence-electron chi connectivity index (χ3n) is 4.93. The van der Waals surface area contributed by atoms with Gasteiger partial charge in [0.1, 0.15) is 17.3 Å². The standard InChI is InChI=1S/C28H31NO3S2/c1-5-12-27(33-19-26-29-18-22(6-2)32-26)34-21(4)17-20(3)28(30)24-15-10-11-16-25(24)31-23-13-8-7-9-14-23/h7-16,18,21H,3,5-6,17,19H2,1-2,4H3/b27-12-. The molecule has 6 heteroatoms. The largest absolute Gasteiger partial charge is 0.457 e. The van der Waals surface area contributed by atoms with E-state index in [-0.39, 0.29) is 11.0 Å². The number of thioether (sulfide) groups is 2. The highest BCUT2D eigenvalue weighted by molar-refractivity contribution is 8.22. The summed E-state index contributed by atoms with van der Waals surface area (Å²) >= 11 is 3.48. The van der Waals surface area contributed by atoms with E-state index >= 15 is 0 Å². The van der Waals surface area contributed by atoms with E-state index < -0.39 is 0 Å². The Hall–Kier alpha value is -2.70. The van der Waals surface area contributed by atoms with E-state index in [1.54, 1.807) is 35.8 Å². The Morgan fingerprint density at radius 3 is 2.59 bits per heavy atom. The molecular weight excluding hydrogens is 462 g/mol. The van der Waals surface area contributed by atoms with Crippen LogP contribution in [0, 0.1) is 0 Å². The monoisotopic (exact) mass is 493 g/mol. The first-order valence-corrected chi connectivity index (χ1v) is 13.3. The number of hydrogen-bond donors (Lipinski definition) is 0. The number of carbonyl (C=O) groups is 1. The van der Waals surface area contributed by atoms with Crippen molar-refractivity contribution in [2.24, 2.45) is 0 Å². The number of ether oxygens (including phenoxy) is 1. The fourth-order valence-corrected chi connectivity index (χ4v) is 5.82. The molecule has 0 amide bonds. The molecule has 1 unspecified atom stereocenters. The van der Waals surface area contributed by atoms with Crippen LogP contribution < -0.4 is 4.74 Å². The smallest absolute Gasteiger partial charge is 0.204 e. The maximum Gasteiger partial charge on any atom is 0.204 e. The predicted octanol–water partition coefficient (Wildman–Crippen LogP) is 8.46. The van der Waals surface area contributed by atoms with E-state index in [0.717, 1.165) is 24.5 Å². The van der Waals surface area contributed by atoms with Crippen molar-refractivity contribution in [2.75, 3.05) is 0 Å². The summed E-state index contributed by atoms with van der Waals surface area (Å²) < 4.78 is 12.9. The Morgan fingerprint density at radius 1 is 1.15 bits per heavy atom. The average Bonchev–Trinajstić information content (AvgIpc) is 3.31. The molecule has 0 bridgehead atoms. The summed E-state index contributed by atoms with van der Waals surface area (Å²) in [6.45, 7) is 10.4. The summed E-state index contributed by atoms with van der Waals surface area (Å²) in [6.07, 6.45) is 6.38. The van der Waals surface area contributed by atoms with Gasteiger partial charge in [0.2, 0.25) is 5.89 Å². The maximum atomic E-state index is 13.2. The molecule has 0 saturated carbocycles. The third-order valence-corrected chi connectivity index (χ3v) is 7.39. The van der Waals surface area contributed by atoms with Crippen LogP contribution in [0.3, 0.4) is 0 Å². The molecule has 4 nitrogen and oxygen atoms in total. The Balaban J connectivity index is 1.59. The fourth-order valence-electron chi connectivity index (χ4n) is 3.25. The van der Waals surface area contributed by atoms with Gasteiger partial charge in [0.05, 0.1) is 17.5 Å². The Morgan fingerprint density at radius 2 is 1.88 bits per heavy atom. The minimum Gasteiger partial charge on any atom is -0.457 e. The van der Waals surface area contributed by atoms with Crippen LogP contribution in [-0.2, 0) is 12.2 Å². The lowest BCUT2D eigenvalue weighted by molar-refractivity contribution is 0.102. The first-order valence-electron chi connectivity index (χ1n) is 11.5. The second-order valence-electron chi connectivity index (χ2n) is 7.77. The van der Waals surface area contributed by atoms with Gasteiger partial charge in [-0.3, -0.25) is 4.79 Å². The number of aromatic nitrogens is 1. The van der Waals surface area contributed by atoms with Gasteiger partial charge in [0, 0.05) is 15.9 Å². The zero-order valence-electron chi connectivity index (χ0n) is 20.0. The maximum absolute atomic E-state index is 13.2. The normalized spacial score (nSPS) is 12.4. The molecule has 2 aromatic carbocycles. The van der Waals surface area contributed by atoms with Gasteiger partial charge in [-0.1, -0.05) is 63.8 Å². The van der Waals surface area contributed by atoms with Crippen LogP contribution in [-0.4, -0.2) is 16.0 Å². The number of Topliss-reactive ketones (excluding diaryl/α,β-unsaturated/α-hetero) is 1. The number of nitrogens with zero attached hydrogens (tertiary/aromatic N) is 1. The number of para-hydroxylation sites is 2. The third kappa shape index (κ3) is 7.67. The molecule has 3 aromatic rings. The van der Waals surface area contributed by atoms with E-state index in [4.69, 9.17) is 9.15 Å². The van der Waals surface area contributed by atoms with Gasteiger partial charge in [-0.05, 0) is 42.7 Å². The lowest BCUT2D eigenvalue weighted by atomic mass is 10.0. The van der Waals surface area contributed by atoms with Crippen LogP contribution in [0.15, 0.2) is 87.7 Å². The number of rotatable bonds is 13. The van der Waals surface area contributed by atoms with Crippen molar-refractivity contribution < 1.29 is 13.9 Å². The summed E-state index contributed by atoms with van der Waals surface area (Å²) in [4.78, 5) is 17.6. The molecular formula is C28H31NO3S2. The second kappa shape index (κ2) is 13.3. The molecule has 1 atom stereocenters. The molecule has 1 aromatic heterocycles. The number of hydrogen-bond acceptors (Lipinski definition) is 6. The van der Waals surface area contributed by atoms with Crippen LogP contribution in [0.2, 0.25) is 0 Å². The first kappa shape index (κ1) is 25.9. The zero-order valence-corrected chi connectivity index (χ0v) is 21.6. The van der Waals surface area contributed by atoms with Crippen LogP contribution in [0.5, 0.6) is 11.5 Å². The van der Waals surface area contributed by atoms with Gasteiger partial charge >= 0.3 is 0 Å². The Bertz CT molecular complexity index is 1120. The van der Waals surface area contributed by atoms with Gasteiger partial charge < -0.3 is 9.15 Å². The van der Waals surface area contributed by atoms with Crippen LogP contribution in [0.4, 0.5) is 0 Å². The van der Waals surface area contributed by atoms with Crippen molar-refractivity contribution in [2.45, 2.75) is 51.0 Å². The summed E-state index contributed by atoms with van der Waals surface area (Å²) in [5.74, 6) is 3.49. The highest BCUT2D eigenvalue weighted by atomic mass is 32.2. The van der Waals surface area contributed by atoms with Crippen LogP contribution in [0.25, 0.3) is 0 Å². The summed E-state index contributed by atoms with van der Waals surface area (Å²) in [5.41, 5.74) is 1.10. The molecule has 0 aliphatic heterocycles. The zero-order chi connectivity index (χ0) is 24.3. The van der Waals surface area contributed by atoms with E-state index in [1.165, 1.54) is 4.24 Å². The molecule has 0 aliphatic carbocycles. The lowest BCUT2D eigenvalue weighted by Crippen LogP contribution is -2.09. The number of ketones is 1. The summed E-state index contributed by atoms with van der Waals surface area (Å²) in [5, 5.41) is 0.194. The van der Waals surface area contributed by atoms with Crippen molar-refractivity contribution in [3.63, 3.8) is 0 Å². The highest BCUT2D eigenvalue weighted by Crippen LogP contribution is 2.37. The van der Waals surface area contributed by atoms with Crippen molar-refractivity contribution >= 4 is 29.3 Å². The number of oxazole rings is 1. The minimum atomic E-state index is -0.0838. The van der Waals surface area contributed by atoms with Gasteiger partial charge in [-0.25, -0.2) is 4.98 Å². The molecule has 0 saturated heterocycles. The Kier molecular flexibility index (Phi) is 10.1. The van der Waals surface area contributed by atoms with E-state index in [9.17, 15) is 4.79 Å². The lowest BCUT2D eigenvalue weighted by Gasteiger charge is -2.16. The molecule has 1 heterocycles. The highest BCUT2D eigenvalue weighted by Gasteiger charge is 2.19. The van der Waals surface area contributed by atoms with Gasteiger partial charge in [0.15, 0.2) is 5.78 Å². The van der Waals surface area contributed by atoms with Crippen molar-refractivity contribution in [3.8, 4) is 11.5 Å². The van der Waals surface area contributed by atoms with Crippen molar-refractivity contribution in [3.05, 3.63) is 100 Å². The average molecular weight is 494 g/mol. The summed E-state index contributed by atoms with van der Waals surface area (Å²) in [6, 6.07) is 16.8. The predicted molar refractivity (Wildman–Crippen MR) is 144 cm³/mol. The topological polar surface area (TPSA) is 52.3 Å². The van der Waals surface area contributed by atoms with E-state index in [2.05, 4.69) is 38.4 Å². The quantitative estimate of drug-likeness (QED) is 0.176. The molecule has 0 aliphatic rings. The van der Waals surface area contributed by atoms with E-state index in [0.29, 0.717) is 34.8 Å². The molecule has 178 valence electrons. The van der Waals surface area contributed by atoms with Crippen LogP contribution >= 0.6 is 23.5 Å². The molecule has 0 spiro atoms. The van der Waals surface area contributed by atoms with E-state index in [1.807, 2.05) is 48.5 Å². The number of benzene rings is 2. The SMILES string of the molecule is C=C(CC(C)S/C(=C\CC)SCc1ncc(CC)o1)C(=O)c1ccccc1Oc1ccccc1. The van der Waals surface area contributed by atoms with Gasteiger partial charge in [-0.15, -0.1) is 23.5 Å². The fraction of sp³-hybridized carbons (Fsp3) is 0.286.